The smallest absolute Gasteiger partial charge is 0.341 e. The van der Waals surface area contributed by atoms with Crippen molar-refractivity contribution in [3.8, 4) is 0 Å². The maximum Gasteiger partial charge on any atom is 0.341 e. The molecule has 0 aromatic carbocycles. The van der Waals surface area contributed by atoms with Crippen molar-refractivity contribution in [3.63, 3.8) is 0 Å². The van der Waals surface area contributed by atoms with E-state index < -0.39 is 0 Å². The van der Waals surface area contributed by atoms with E-state index >= 15 is 0 Å². The summed E-state index contributed by atoms with van der Waals surface area (Å²) in [5.74, 6) is 1.19. The Bertz CT molecular complexity index is 430. The van der Waals surface area contributed by atoms with Crippen LogP contribution in [0.5, 0.6) is 0 Å². The van der Waals surface area contributed by atoms with Crippen LogP contribution in [0.2, 0.25) is 0 Å². The number of anilines is 1. The zero-order valence-corrected chi connectivity index (χ0v) is 11.7. The predicted octanol–water partition coefficient (Wildman–Crippen LogP) is 3.25. The lowest BCUT2D eigenvalue weighted by molar-refractivity contribution is 0.0527. The molecule has 1 unspecified atom stereocenters. The number of rotatable bonds is 7. The maximum absolute atomic E-state index is 11.9. The second-order valence-corrected chi connectivity index (χ2v) is 5.05. The number of nitrogens with zero attached hydrogens (tertiary/aromatic N) is 1. The summed E-state index contributed by atoms with van der Waals surface area (Å²) in [5, 5.41) is 3.40. The molecule has 0 amide bonds. The Labute approximate surface area is 114 Å². The quantitative estimate of drug-likeness (QED) is 0.766. The molecule has 1 heterocycles. The second-order valence-electron chi connectivity index (χ2n) is 5.05. The van der Waals surface area contributed by atoms with Crippen molar-refractivity contribution >= 4 is 11.8 Å². The van der Waals surface area contributed by atoms with Gasteiger partial charge in [0.15, 0.2) is 0 Å². The SMILES string of the molecule is CCOC(=O)c1cccnc1NC(CC)CC1CC1. The van der Waals surface area contributed by atoms with Crippen molar-refractivity contribution in [2.45, 2.75) is 45.6 Å². The summed E-state index contributed by atoms with van der Waals surface area (Å²) >= 11 is 0. The molecule has 1 aliphatic rings. The van der Waals surface area contributed by atoms with Gasteiger partial charge in [-0.1, -0.05) is 19.8 Å². The Morgan fingerprint density at radius 1 is 1.53 bits per heavy atom. The van der Waals surface area contributed by atoms with Gasteiger partial charge in [-0.15, -0.1) is 0 Å². The Hall–Kier alpha value is -1.58. The molecule has 1 aromatic heterocycles. The van der Waals surface area contributed by atoms with Crippen LogP contribution in [0.25, 0.3) is 0 Å². The van der Waals surface area contributed by atoms with Crippen molar-refractivity contribution in [1.29, 1.82) is 0 Å². The molecular weight excluding hydrogens is 240 g/mol. The third-order valence-electron chi connectivity index (χ3n) is 3.45. The molecule has 1 N–H and O–H groups in total. The fourth-order valence-corrected chi connectivity index (χ4v) is 2.17. The number of ether oxygens (including phenoxy) is 1. The van der Waals surface area contributed by atoms with E-state index in [1.807, 2.05) is 6.92 Å². The molecule has 1 saturated carbocycles. The first kappa shape index (κ1) is 13.8. The Kier molecular flexibility index (Phi) is 4.77. The van der Waals surface area contributed by atoms with Crippen LogP contribution in [-0.2, 0) is 4.74 Å². The zero-order chi connectivity index (χ0) is 13.7. The molecule has 0 radical (unpaired) electrons. The van der Waals surface area contributed by atoms with Gasteiger partial charge in [0.05, 0.1) is 6.61 Å². The largest absolute Gasteiger partial charge is 0.462 e. The van der Waals surface area contributed by atoms with Crippen molar-refractivity contribution in [2.24, 2.45) is 5.92 Å². The topological polar surface area (TPSA) is 51.2 Å². The Morgan fingerprint density at radius 2 is 2.32 bits per heavy atom. The average molecular weight is 262 g/mol. The molecule has 104 valence electrons. The summed E-state index contributed by atoms with van der Waals surface area (Å²) in [7, 11) is 0. The van der Waals surface area contributed by atoms with Crippen molar-refractivity contribution in [2.75, 3.05) is 11.9 Å². The summed E-state index contributed by atoms with van der Waals surface area (Å²) in [5.41, 5.74) is 0.526. The first-order valence-electron chi connectivity index (χ1n) is 7.13. The second kappa shape index (κ2) is 6.55. The predicted molar refractivity (Wildman–Crippen MR) is 75.2 cm³/mol. The number of nitrogens with one attached hydrogen (secondary N) is 1. The highest BCUT2D eigenvalue weighted by Crippen LogP contribution is 2.34. The van der Waals surface area contributed by atoms with Crippen LogP contribution in [0, 0.1) is 5.92 Å². The standard InChI is InChI=1S/C15H22N2O2/c1-3-12(10-11-7-8-11)17-14-13(6-5-9-16-14)15(18)19-4-2/h5-6,9,11-12H,3-4,7-8,10H2,1-2H3,(H,16,17). The molecule has 4 heteroatoms. The van der Waals surface area contributed by atoms with Gasteiger partial charge in [-0.2, -0.15) is 0 Å². The number of hydrogen-bond donors (Lipinski definition) is 1. The number of aromatic nitrogens is 1. The number of carbonyl (C=O) groups is 1. The number of carbonyl (C=O) groups excluding carboxylic acids is 1. The minimum Gasteiger partial charge on any atom is -0.462 e. The maximum atomic E-state index is 11.9. The molecule has 1 atom stereocenters. The van der Waals surface area contributed by atoms with E-state index in [4.69, 9.17) is 4.74 Å². The van der Waals surface area contributed by atoms with Crippen LogP contribution in [0.1, 0.15) is 49.9 Å². The molecule has 1 fully saturated rings. The van der Waals surface area contributed by atoms with Gasteiger partial charge in [-0.3, -0.25) is 0 Å². The van der Waals surface area contributed by atoms with Crippen LogP contribution in [0.4, 0.5) is 5.82 Å². The van der Waals surface area contributed by atoms with Gasteiger partial charge in [0.25, 0.3) is 0 Å². The summed E-state index contributed by atoms with van der Waals surface area (Å²) < 4.78 is 5.06. The molecular formula is C15H22N2O2. The first-order valence-corrected chi connectivity index (χ1v) is 7.13. The summed E-state index contributed by atoms with van der Waals surface area (Å²) in [6.45, 7) is 4.35. The minimum atomic E-state index is -0.306. The fourth-order valence-electron chi connectivity index (χ4n) is 2.17. The van der Waals surface area contributed by atoms with Gasteiger partial charge < -0.3 is 10.1 Å². The normalized spacial score (nSPS) is 15.9. The number of pyridine rings is 1. The number of hydrogen-bond acceptors (Lipinski definition) is 4. The molecule has 4 nitrogen and oxygen atoms in total. The lowest BCUT2D eigenvalue weighted by Crippen LogP contribution is -2.22. The van der Waals surface area contributed by atoms with E-state index in [-0.39, 0.29) is 5.97 Å². The van der Waals surface area contributed by atoms with Gasteiger partial charge in [-0.05, 0) is 37.8 Å². The lowest BCUT2D eigenvalue weighted by atomic mass is 10.1. The molecule has 1 aromatic rings. The minimum absolute atomic E-state index is 0.306. The van der Waals surface area contributed by atoms with Crippen molar-refractivity contribution < 1.29 is 9.53 Å². The molecule has 0 spiro atoms. The molecule has 0 aliphatic heterocycles. The monoisotopic (exact) mass is 262 g/mol. The third kappa shape index (κ3) is 3.94. The molecule has 1 aliphatic carbocycles. The van der Waals surface area contributed by atoms with E-state index in [2.05, 4.69) is 17.2 Å². The third-order valence-corrected chi connectivity index (χ3v) is 3.45. The highest BCUT2D eigenvalue weighted by molar-refractivity contribution is 5.94. The van der Waals surface area contributed by atoms with Gasteiger partial charge >= 0.3 is 5.97 Å². The molecule has 0 bridgehead atoms. The highest BCUT2D eigenvalue weighted by Gasteiger charge is 2.25. The summed E-state index contributed by atoms with van der Waals surface area (Å²) in [4.78, 5) is 16.2. The van der Waals surface area contributed by atoms with E-state index in [0.717, 1.165) is 18.8 Å². The van der Waals surface area contributed by atoms with Crippen LogP contribution in [-0.4, -0.2) is 23.6 Å². The Morgan fingerprint density at radius 3 is 2.95 bits per heavy atom. The van der Waals surface area contributed by atoms with Gasteiger partial charge in [-0.25, -0.2) is 9.78 Å². The zero-order valence-electron chi connectivity index (χ0n) is 11.7. The average Bonchev–Trinajstić information content (AvgIpc) is 3.23. The van der Waals surface area contributed by atoms with Crippen LogP contribution in [0.15, 0.2) is 18.3 Å². The van der Waals surface area contributed by atoms with E-state index in [0.29, 0.717) is 24.0 Å². The molecule has 19 heavy (non-hydrogen) atoms. The Balaban J connectivity index is 2.06. The summed E-state index contributed by atoms with van der Waals surface area (Å²) in [6, 6.07) is 3.91. The lowest BCUT2D eigenvalue weighted by Gasteiger charge is -2.18. The van der Waals surface area contributed by atoms with Gasteiger partial charge in [0.2, 0.25) is 0 Å². The van der Waals surface area contributed by atoms with Crippen molar-refractivity contribution in [1.82, 2.24) is 4.98 Å². The van der Waals surface area contributed by atoms with E-state index in [1.54, 1.807) is 18.3 Å². The number of esters is 1. The van der Waals surface area contributed by atoms with Crippen LogP contribution < -0.4 is 5.32 Å². The van der Waals surface area contributed by atoms with Crippen LogP contribution in [0.3, 0.4) is 0 Å². The van der Waals surface area contributed by atoms with E-state index in [1.165, 1.54) is 12.8 Å². The van der Waals surface area contributed by atoms with Gasteiger partial charge in [0.1, 0.15) is 11.4 Å². The molecule has 0 saturated heterocycles. The molecule has 2 rings (SSSR count). The first-order chi connectivity index (χ1) is 9.24. The fraction of sp³-hybridized carbons (Fsp3) is 0.600. The van der Waals surface area contributed by atoms with Crippen LogP contribution >= 0.6 is 0 Å². The van der Waals surface area contributed by atoms with Gasteiger partial charge in [0, 0.05) is 12.2 Å². The highest BCUT2D eigenvalue weighted by atomic mass is 16.5. The van der Waals surface area contributed by atoms with Crippen molar-refractivity contribution in [3.05, 3.63) is 23.9 Å². The van der Waals surface area contributed by atoms with E-state index in [9.17, 15) is 4.79 Å². The summed E-state index contributed by atoms with van der Waals surface area (Å²) in [6.07, 6.45) is 6.58.